The van der Waals surface area contributed by atoms with Gasteiger partial charge >= 0.3 is 5.97 Å². The Bertz CT molecular complexity index is 765. The Balaban J connectivity index is 2.01. The van der Waals surface area contributed by atoms with Crippen molar-refractivity contribution in [1.29, 1.82) is 0 Å². The van der Waals surface area contributed by atoms with E-state index in [9.17, 15) is 9.90 Å². The molecular formula is C18H23N3O3. The number of nitrogens with two attached hydrogens (primary N) is 1. The fraction of sp³-hybridized carbons (Fsp3) is 0.444. The van der Waals surface area contributed by atoms with E-state index in [1.54, 1.807) is 4.68 Å². The van der Waals surface area contributed by atoms with Crippen LogP contribution in [0.2, 0.25) is 0 Å². The number of aromatic nitrogens is 2. The molecule has 0 fully saturated rings. The predicted octanol–water partition coefficient (Wildman–Crippen LogP) is 2.53. The molecule has 3 rings (SSSR count). The van der Waals surface area contributed by atoms with Crippen molar-refractivity contribution < 1.29 is 14.7 Å². The summed E-state index contributed by atoms with van der Waals surface area (Å²) >= 11 is 0. The summed E-state index contributed by atoms with van der Waals surface area (Å²) in [5.74, 6) is 4.27. The number of carboxylic acids is 1. The Kier molecular flexibility index (Phi) is 4.43. The quantitative estimate of drug-likeness (QED) is 0.823. The lowest BCUT2D eigenvalue weighted by Crippen LogP contribution is -2.23. The molecule has 3 N–H and O–H groups in total. The first-order valence-electron chi connectivity index (χ1n) is 8.11. The molecule has 0 spiro atoms. The number of aryl methyl sites for hydroxylation is 1. The first-order valence-corrected chi connectivity index (χ1v) is 8.11. The minimum Gasteiger partial charge on any atom is -0.477 e. The van der Waals surface area contributed by atoms with Crippen molar-refractivity contribution in [2.45, 2.75) is 46.3 Å². The Labute approximate surface area is 141 Å². The zero-order valence-electron chi connectivity index (χ0n) is 14.1. The van der Waals surface area contributed by atoms with E-state index in [-0.39, 0.29) is 12.0 Å². The van der Waals surface area contributed by atoms with Gasteiger partial charge in [-0.3, -0.25) is 9.52 Å². The van der Waals surface area contributed by atoms with Gasteiger partial charge in [0.25, 0.3) is 0 Å². The van der Waals surface area contributed by atoms with Crippen LogP contribution in [0.15, 0.2) is 24.3 Å². The highest BCUT2D eigenvalue weighted by molar-refractivity contribution is 5.88. The second-order valence-electron chi connectivity index (χ2n) is 7.16. The van der Waals surface area contributed by atoms with Gasteiger partial charge in [0.05, 0.1) is 18.8 Å². The zero-order chi connectivity index (χ0) is 17.3. The van der Waals surface area contributed by atoms with Gasteiger partial charge in [-0.15, -0.1) is 0 Å². The van der Waals surface area contributed by atoms with Crippen LogP contribution in [0.5, 0.6) is 0 Å². The number of carboxylic acid groups (broad SMARTS) is 1. The van der Waals surface area contributed by atoms with Crippen molar-refractivity contribution in [2.24, 2.45) is 11.3 Å². The van der Waals surface area contributed by atoms with Crippen LogP contribution in [-0.4, -0.2) is 20.9 Å². The van der Waals surface area contributed by atoms with E-state index >= 15 is 0 Å². The third kappa shape index (κ3) is 3.20. The first-order chi connectivity index (χ1) is 11.4. The van der Waals surface area contributed by atoms with Crippen LogP contribution in [0.25, 0.3) is 0 Å². The standard InChI is InChI=1S/C18H23N3O3/c1-18(2)8-7-15-14(9-18)16(17(22)23)21(20-15)10-12-5-3-4-6-13(12)11-24-19/h3-6H,7-11,19H2,1-2H3,(H,22,23). The number of aromatic carboxylic acids is 1. The lowest BCUT2D eigenvalue weighted by atomic mass is 9.76. The molecule has 24 heavy (non-hydrogen) atoms. The summed E-state index contributed by atoms with van der Waals surface area (Å²) in [5, 5.41) is 14.3. The summed E-state index contributed by atoms with van der Waals surface area (Å²) in [6, 6.07) is 7.70. The maximum atomic E-state index is 11.9. The smallest absolute Gasteiger partial charge is 0.354 e. The molecule has 1 aliphatic rings. The predicted molar refractivity (Wildman–Crippen MR) is 89.5 cm³/mol. The van der Waals surface area contributed by atoms with E-state index in [4.69, 9.17) is 10.7 Å². The highest BCUT2D eigenvalue weighted by Gasteiger charge is 2.33. The van der Waals surface area contributed by atoms with E-state index in [2.05, 4.69) is 18.9 Å². The molecule has 0 radical (unpaired) electrons. The summed E-state index contributed by atoms with van der Waals surface area (Å²) < 4.78 is 1.61. The molecule has 0 atom stereocenters. The van der Waals surface area contributed by atoms with Crippen LogP contribution in [0.1, 0.15) is 53.1 Å². The number of hydrogen-bond acceptors (Lipinski definition) is 4. The molecule has 0 amide bonds. The Morgan fingerprint density at radius 3 is 2.75 bits per heavy atom. The number of benzene rings is 1. The van der Waals surface area contributed by atoms with Crippen molar-refractivity contribution in [3.63, 3.8) is 0 Å². The lowest BCUT2D eigenvalue weighted by Gasteiger charge is -2.28. The van der Waals surface area contributed by atoms with E-state index in [0.717, 1.165) is 41.6 Å². The second kappa shape index (κ2) is 6.37. The third-order valence-corrected chi connectivity index (χ3v) is 4.71. The van der Waals surface area contributed by atoms with Crippen LogP contribution in [0, 0.1) is 5.41 Å². The molecule has 128 valence electrons. The van der Waals surface area contributed by atoms with Crippen LogP contribution in [0.3, 0.4) is 0 Å². The number of fused-ring (bicyclic) bond motifs is 1. The molecule has 1 aromatic carbocycles. The average molecular weight is 329 g/mol. The largest absolute Gasteiger partial charge is 0.477 e. The Hall–Kier alpha value is -2.18. The van der Waals surface area contributed by atoms with Crippen molar-refractivity contribution in [3.8, 4) is 0 Å². The summed E-state index contributed by atoms with van der Waals surface area (Å²) in [6.45, 7) is 5.03. The molecule has 0 aliphatic heterocycles. The molecule has 1 aliphatic carbocycles. The van der Waals surface area contributed by atoms with Gasteiger partial charge in [0.15, 0.2) is 0 Å². The van der Waals surface area contributed by atoms with Gasteiger partial charge in [0.2, 0.25) is 0 Å². The van der Waals surface area contributed by atoms with Gasteiger partial charge in [-0.25, -0.2) is 10.7 Å². The molecule has 0 saturated heterocycles. The minimum atomic E-state index is -0.922. The van der Waals surface area contributed by atoms with Gasteiger partial charge in [0.1, 0.15) is 5.69 Å². The van der Waals surface area contributed by atoms with E-state index in [1.165, 1.54) is 0 Å². The third-order valence-electron chi connectivity index (χ3n) is 4.71. The highest BCUT2D eigenvalue weighted by Crippen LogP contribution is 2.36. The van der Waals surface area contributed by atoms with Gasteiger partial charge in [-0.2, -0.15) is 5.10 Å². The van der Waals surface area contributed by atoms with Crippen LogP contribution in [-0.2, 0) is 30.8 Å². The monoisotopic (exact) mass is 329 g/mol. The van der Waals surface area contributed by atoms with Crippen molar-refractivity contribution >= 4 is 5.97 Å². The maximum Gasteiger partial charge on any atom is 0.354 e. The number of hydrogen-bond donors (Lipinski definition) is 2. The van der Waals surface area contributed by atoms with Crippen LogP contribution in [0.4, 0.5) is 0 Å². The molecular weight excluding hydrogens is 306 g/mol. The minimum absolute atomic E-state index is 0.108. The second-order valence-corrected chi connectivity index (χ2v) is 7.16. The molecule has 0 unspecified atom stereocenters. The van der Waals surface area contributed by atoms with E-state index in [0.29, 0.717) is 12.2 Å². The summed E-state index contributed by atoms with van der Waals surface area (Å²) in [4.78, 5) is 16.6. The average Bonchev–Trinajstić information content (AvgIpc) is 2.85. The molecule has 1 aromatic heterocycles. The summed E-state index contributed by atoms with van der Waals surface area (Å²) in [5.41, 5.74) is 4.11. The molecule has 1 heterocycles. The Morgan fingerprint density at radius 1 is 1.38 bits per heavy atom. The van der Waals surface area contributed by atoms with Crippen LogP contribution < -0.4 is 5.90 Å². The summed E-state index contributed by atoms with van der Waals surface area (Å²) in [7, 11) is 0. The first kappa shape index (κ1) is 16.7. The molecule has 2 aromatic rings. The number of nitrogens with zero attached hydrogens (tertiary/aromatic N) is 2. The van der Waals surface area contributed by atoms with E-state index < -0.39 is 5.97 Å². The van der Waals surface area contributed by atoms with Gasteiger partial charge < -0.3 is 5.11 Å². The van der Waals surface area contributed by atoms with Crippen LogP contribution >= 0.6 is 0 Å². The van der Waals surface area contributed by atoms with Crippen molar-refractivity contribution in [2.75, 3.05) is 0 Å². The molecule has 6 nitrogen and oxygen atoms in total. The maximum absolute atomic E-state index is 11.9. The molecule has 6 heteroatoms. The fourth-order valence-corrected chi connectivity index (χ4v) is 3.42. The number of rotatable bonds is 5. The van der Waals surface area contributed by atoms with Crippen molar-refractivity contribution in [3.05, 3.63) is 52.3 Å². The van der Waals surface area contributed by atoms with E-state index in [1.807, 2.05) is 24.3 Å². The van der Waals surface area contributed by atoms with Gasteiger partial charge in [-0.05, 0) is 35.8 Å². The topological polar surface area (TPSA) is 90.4 Å². The lowest BCUT2D eigenvalue weighted by molar-refractivity contribution is 0.0682. The number of carbonyl (C=O) groups is 1. The van der Waals surface area contributed by atoms with Gasteiger partial charge in [0, 0.05) is 5.56 Å². The Morgan fingerprint density at radius 2 is 2.08 bits per heavy atom. The normalized spacial score (nSPS) is 16.0. The van der Waals surface area contributed by atoms with Gasteiger partial charge in [-0.1, -0.05) is 38.1 Å². The molecule has 0 bridgehead atoms. The molecule has 0 saturated carbocycles. The van der Waals surface area contributed by atoms with Crippen molar-refractivity contribution in [1.82, 2.24) is 9.78 Å². The SMILES string of the molecule is CC1(C)CCc2nn(Cc3ccccc3CON)c(C(=O)O)c2C1. The summed E-state index contributed by atoms with van der Waals surface area (Å²) in [6.07, 6.45) is 2.59. The fourth-order valence-electron chi connectivity index (χ4n) is 3.42. The highest BCUT2D eigenvalue weighted by atomic mass is 16.6. The zero-order valence-corrected chi connectivity index (χ0v) is 14.1.